The molecule has 0 unspecified atom stereocenters. The summed E-state index contributed by atoms with van der Waals surface area (Å²) in [7, 11) is 4.78. The zero-order valence-electron chi connectivity index (χ0n) is 18.4. The fourth-order valence-corrected chi connectivity index (χ4v) is 3.62. The van der Waals surface area contributed by atoms with E-state index in [0.29, 0.717) is 6.04 Å². The van der Waals surface area contributed by atoms with Gasteiger partial charge in [0.15, 0.2) is 0 Å². The average Bonchev–Trinajstić information content (AvgIpc) is 2.60. The molecule has 2 nitrogen and oxygen atoms in total. The molecular formula is C24H49N2+. The summed E-state index contributed by atoms with van der Waals surface area (Å²) in [6.45, 7) is 13.7. The third-order valence-corrected chi connectivity index (χ3v) is 5.39. The van der Waals surface area contributed by atoms with Crippen LogP contribution >= 0.6 is 0 Å². The Bertz CT molecular complexity index is 312. The number of hydrogen-bond acceptors (Lipinski definition) is 1. The second-order valence-electron chi connectivity index (χ2n) is 8.62. The van der Waals surface area contributed by atoms with E-state index in [1.807, 2.05) is 12.2 Å². The predicted molar refractivity (Wildman–Crippen MR) is 120 cm³/mol. The van der Waals surface area contributed by atoms with E-state index in [9.17, 15) is 0 Å². The lowest BCUT2D eigenvalue weighted by Gasteiger charge is -2.30. The van der Waals surface area contributed by atoms with Gasteiger partial charge in [0.2, 0.25) is 0 Å². The minimum atomic E-state index is 0.516. The largest absolute Gasteiger partial charge is 0.328 e. The normalized spacial score (nSPS) is 11.8. The van der Waals surface area contributed by atoms with E-state index in [1.54, 1.807) is 0 Å². The minimum Gasteiger partial charge on any atom is -0.328 e. The fourth-order valence-electron chi connectivity index (χ4n) is 3.62. The van der Waals surface area contributed by atoms with Gasteiger partial charge in [-0.15, -0.1) is 13.2 Å². The van der Waals surface area contributed by atoms with Crippen molar-refractivity contribution in [2.75, 3.05) is 33.7 Å². The van der Waals surface area contributed by atoms with E-state index >= 15 is 0 Å². The van der Waals surface area contributed by atoms with E-state index in [0.717, 1.165) is 23.9 Å². The van der Waals surface area contributed by atoms with Crippen LogP contribution in [0.5, 0.6) is 0 Å². The van der Waals surface area contributed by atoms with E-state index < -0.39 is 0 Å². The van der Waals surface area contributed by atoms with Crippen LogP contribution in [0.4, 0.5) is 0 Å². The maximum atomic E-state index is 3.85. The lowest BCUT2D eigenvalue weighted by molar-refractivity contribution is -0.890. The van der Waals surface area contributed by atoms with E-state index in [1.165, 1.54) is 83.7 Å². The molecule has 0 heterocycles. The van der Waals surface area contributed by atoms with Crippen LogP contribution in [-0.4, -0.2) is 44.3 Å². The number of nitrogens with zero attached hydrogens (tertiary/aromatic N) is 1. The molecule has 26 heavy (non-hydrogen) atoms. The van der Waals surface area contributed by atoms with Crippen molar-refractivity contribution in [2.24, 2.45) is 0 Å². The molecule has 0 aliphatic rings. The number of hydrogen-bond donors (Lipinski definition) is 1. The van der Waals surface area contributed by atoms with Crippen molar-refractivity contribution in [1.29, 1.82) is 0 Å². The molecule has 0 aromatic heterocycles. The lowest BCUT2D eigenvalue weighted by atomic mass is 10.1. The molecule has 2 heteroatoms. The fraction of sp³-hybridized carbons (Fsp3) is 0.833. The third-order valence-electron chi connectivity index (χ3n) is 5.39. The maximum Gasteiger partial charge on any atom is 0.0794 e. The van der Waals surface area contributed by atoms with E-state index in [-0.39, 0.29) is 0 Å². The Labute approximate surface area is 165 Å². The van der Waals surface area contributed by atoms with Gasteiger partial charge >= 0.3 is 0 Å². The SMILES string of the molecule is C=CCC(CC=C)NCCC[N+](C)(C)CCCCCCCCCCCC. The zero-order valence-corrected chi connectivity index (χ0v) is 18.4. The average molecular weight is 366 g/mol. The molecule has 0 radical (unpaired) electrons. The molecule has 0 rings (SSSR count). The van der Waals surface area contributed by atoms with Crippen molar-refractivity contribution in [1.82, 2.24) is 5.32 Å². The summed E-state index contributed by atoms with van der Waals surface area (Å²) in [4.78, 5) is 0. The summed E-state index contributed by atoms with van der Waals surface area (Å²) < 4.78 is 1.16. The van der Waals surface area contributed by atoms with Crippen LogP contribution in [0.15, 0.2) is 25.3 Å². The third kappa shape index (κ3) is 16.8. The molecule has 0 aliphatic carbocycles. The van der Waals surface area contributed by atoms with Gasteiger partial charge < -0.3 is 9.80 Å². The molecule has 0 spiro atoms. The second-order valence-corrected chi connectivity index (χ2v) is 8.62. The zero-order chi connectivity index (χ0) is 19.5. The van der Waals surface area contributed by atoms with E-state index in [2.05, 4.69) is 39.5 Å². The first-order valence-electron chi connectivity index (χ1n) is 11.3. The van der Waals surface area contributed by atoms with Crippen LogP contribution < -0.4 is 5.32 Å². The Morgan fingerprint density at radius 3 is 1.69 bits per heavy atom. The molecule has 0 aromatic carbocycles. The highest BCUT2D eigenvalue weighted by atomic mass is 15.3. The van der Waals surface area contributed by atoms with Crippen molar-refractivity contribution in [3.05, 3.63) is 25.3 Å². The van der Waals surface area contributed by atoms with Gasteiger partial charge in [-0.05, 0) is 25.7 Å². The molecule has 0 bridgehead atoms. The molecule has 154 valence electrons. The molecule has 0 aliphatic heterocycles. The Hall–Kier alpha value is -0.600. The Kier molecular flexibility index (Phi) is 17.4. The molecular weight excluding hydrogens is 316 g/mol. The number of rotatable bonds is 20. The summed E-state index contributed by atoms with van der Waals surface area (Å²) in [5.74, 6) is 0. The van der Waals surface area contributed by atoms with Crippen molar-refractivity contribution in [3.63, 3.8) is 0 Å². The minimum absolute atomic E-state index is 0.516. The topological polar surface area (TPSA) is 12.0 Å². The van der Waals surface area contributed by atoms with Gasteiger partial charge in [0, 0.05) is 19.0 Å². The summed E-state index contributed by atoms with van der Waals surface area (Å²) in [5.41, 5.74) is 0. The predicted octanol–water partition coefficient (Wildman–Crippen LogP) is 6.48. The molecule has 0 fully saturated rings. The number of unbranched alkanes of at least 4 members (excludes halogenated alkanes) is 9. The monoisotopic (exact) mass is 365 g/mol. The van der Waals surface area contributed by atoms with Gasteiger partial charge in [0.1, 0.15) is 0 Å². The standard InChI is InChI=1S/C24H49N2/c1-6-9-10-11-12-13-14-15-16-17-22-26(4,5)23-18-21-25-24(19-7-2)20-8-3/h7-8,24-25H,2-3,6,9-23H2,1,4-5H3/q+1. The Morgan fingerprint density at radius 2 is 1.19 bits per heavy atom. The van der Waals surface area contributed by atoms with Crippen molar-refractivity contribution in [3.8, 4) is 0 Å². The molecule has 1 N–H and O–H groups in total. The van der Waals surface area contributed by atoms with Crippen LogP contribution in [0.2, 0.25) is 0 Å². The van der Waals surface area contributed by atoms with Crippen LogP contribution in [0.25, 0.3) is 0 Å². The van der Waals surface area contributed by atoms with Gasteiger partial charge in [-0.3, -0.25) is 0 Å². The summed E-state index contributed by atoms with van der Waals surface area (Å²) >= 11 is 0. The van der Waals surface area contributed by atoms with E-state index in [4.69, 9.17) is 0 Å². The van der Waals surface area contributed by atoms with Crippen LogP contribution in [0.1, 0.15) is 90.4 Å². The van der Waals surface area contributed by atoms with Gasteiger partial charge in [0.25, 0.3) is 0 Å². The van der Waals surface area contributed by atoms with Gasteiger partial charge in [-0.1, -0.05) is 70.4 Å². The molecule has 0 aromatic rings. The van der Waals surface area contributed by atoms with Crippen LogP contribution in [-0.2, 0) is 0 Å². The van der Waals surface area contributed by atoms with Crippen LogP contribution in [0, 0.1) is 0 Å². The first-order chi connectivity index (χ1) is 12.6. The van der Waals surface area contributed by atoms with Crippen molar-refractivity contribution in [2.45, 2.75) is 96.4 Å². The Balaban J connectivity index is 3.57. The first kappa shape index (κ1) is 25.4. The first-order valence-corrected chi connectivity index (χ1v) is 11.3. The van der Waals surface area contributed by atoms with Gasteiger partial charge in [-0.25, -0.2) is 0 Å². The van der Waals surface area contributed by atoms with Crippen molar-refractivity contribution < 1.29 is 4.48 Å². The van der Waals surface area contributed by atoms with Gasteiger partial charge in [-0.2, -0.15) is 0 Å². The van der Waals surface area contributed by atoms with Crippen LogP contribution in [0.3, 0.4) is 0 Å². The smallest absolute Gasteiger partial charge is 0.0794 e. The lowest BCUT2D eigenvalue weighted by Crippen LogP contribution is -2.42. The molecule has 0 atom stereocenters. The number of nitrogens with one attached hydrogen (secondary N) is 1. The Morgan fingerprint density at radius 1 is 0.731 bits per heavy atom. The highest BCUT2D eigenvalue weighted by Crippen LogP contribution is 2.12. The summed E-state index contributed by atoms with van der Waals surface area (Å²) in [5, 5.41) is 3.65. The molecule has 0 saturated heterocycles. The highest BCUT2D eigenvalue weighted by molar-refractivity contribution is 4.83. The number of quaternary nitrogens is 1. The summed E-state index contributed by atoms with van der Waals surface area (Å²) in [6.07, 6.45) is 21.6. The quantitative estimate of drug-likeness (QED) is 0.148. The molecule has 0 saturated carbocycles. The van der Waals surface area contributed by atoms with Crippen molar-refractivity contribution >= 4 is 0 Å². The summed E-state index contributed by atoms with van der Waals surface area (Å²) in [6, 6.07) is 0.516. The highest BCUT2D eigenvalue weighted by Gasteiger charge is 2.14. The molecule has 0 amide bonds. The maximum absolute atomic E-state index is 3.85. The second kappa shape index (κ2) is 17.8. The van der Waals surface area contributed by atoms with Gasteiger partial charge in [0.05, 0.1) is 27.2 Å².